The monoisotopic (exact) mass is 344 g/mol. The van der Waals surface area contributed by atoms with E-state index in [9.17, 15) is 4.79 Å². The van der Waals surface area contributed by atoms with Crippen molar-refractivity contribution in [1.29, 1.82) is 0 Å². The fraction of sp³-hybridized carbons (Fsp3) is 0.0476. The number of fused-ring (bicyclic) bond motifs is 1. The van der Waals surface area contributed by atoms with E-state index in [0.29, 0.717) is 0 Å². The maximum atomic E-state index is 12.9. The summed E-state index contributed by atoms with van der Waals surface area (Å²) in [6.07, 6.45) is 3.49. The molecule has 122 valence electrons. The molecule has 4 heteroatoms. The fourth-order valence-corrected chi connectivity index (χ4v) is 3.82. The first-order valence-corrected chi connectivity index (χ1v) is 8.87. The third-order valence-corrected chi connectivity index (χ3v) is 5.21. The predicted molar refractivity (Wildman–Crippen MR) is 102 cm³/mol. The topological polar surface area (TPSA) is 42.0 Å². The Balaban J connectivity index is 1.67. The molecule has 0 saturated carbocycles. The quantitative estimate of drug-likeness (QED) is 0.577. The van der Waals surface area contributed by atoms with Crippen molar-refractivity contribution in [3.8, 4) is 0 Å². The lowest BCUT2D eigenvalue weighted by Crippen LogP contribution is -2.28. The van der Waals surface area contributed by atoms with E-state index in [1.165, 1.54) is 11.3 Å². The second-order valence-electron chi connectivity index (χ2n) is 5.75. The van der Waals surface area contributed by atoms with Crippen molar-refractivity contribution >= 4 is 27.3 Å². The minimum Gasteiger partial charge on any atom is -0.340 e. The van der Waals surface area contributed by atoms with Gasteiger partial charge in [0.15, 0.2) is 0 Å². The van der Waals surface area contributed by atoms with Crippen LogP contribution < -0.4 is 5.32 Å². The van der Waals surface area contributed by atoms with E-state index in [4.69, 9.17) is 0 Å². The minimum atomic E-state index is -0.207. The second-order valence-corrected chi connectivity index (χ2v) is 6.83. The number of carbonyl (C=O) groups excluding carboxylic acids is 1. The largest absolute Gasteiger partial charge is 0.340 e. The molecule has 25 heavy (non-hydrogen) atoms. The predicted octanol–water partition coefficient (Wildman–Crippen LogP) is 4.82. The third-order valence-electron chi connectivity index (χ3n) is 4.10. The van der Waals surface area contributed by atoms with Crippen molar-refractivity contribution in [3.05, 3.63) is 101 Å². The maximum Gasteiger partial charge on any atom is 0.262 e. The van der Waals surface area contributed by atoms with Crippen LogP contribution in [0.1, 0.15) is 26.8 Å². The molecule has 0 aliphatic rings. The highest BCUT2D eigenvalue weighted by molar-refractivity contribution is 7.20. The van der Waals surface area contributed by atoms with Gasteiger partial charge in [0.05, 0.1) is 10.9 Å². The van der Waals surface area contributed by atoms with Gasteiger partial charge in [-0.1, -0.05) is 48.5 Å². The van der Waals surface area contributed by atoms with Crippen LogP contribution in [0.2, 0.25) is 0 Å². The zero-order valence-corrected chi connectivity index (χ0v) is 14.2. The van der Waals surface area contributed by atoms with E-state index in [2.05, 4.69) is 10.3 Å². The van der Waals surface area contributed by atoms with E-state index in [0.717, 1.165) is 26.1 Å². The molecule has 0 radical (unpaired) electrons. The van der Waals surface area contributed by atoms with E-state index >= 15 is 0 Å². The van der Waals surface area contributed by atoms with E-state index in [1.807, 2.05) is 72.8 Å². The van der Waals surface area contributed by atoms with Crippen LogP contribution in [-0.4, -0.2) is 10.9 Å². The lowest BCUT2D eigenvalue weighted by atomic mass is 9.99. The number of nitrogens with one attached hydrogen (secondary N) is 1. The summed E-state index contributed by atoms with van der Waals surface area (Å²) in [4.78, 5) is 17.7. The summed E-state index contributed by atoms with van der Waals surface area (Å²) in [5.41, 5.74) is 2.05. The average molecular weight is 344 g/mol. The van der Waals surface area contributed by atoms with Gasteiger partial charge >= 0.3 is 0 Å². The molecule has 2 heterocycles. The van der Waals surface area contributed by atoms with Crippen molar-refractivity contribution in [1.82, 2.24) is 10.3 Å². The Morgan fingerprint density at radius 2 is 1.56 bits per heavy atom. The van der Waals surface area contributed by atoms with Gasteiger partial charge in [-0.3, -0.25) is 9.78 Å². The average Bonchev–Trinajstić information content (AvgIpc) is 3.12. The molecule has 0 spiro atoms. The molecule has 0 aliphatic carbocycles. The first-order chi connectivity index (χ1) is 12.3. The van der Waals surface area contributed by atoms with Crippen molar-refractivity contribution in [3.63, 3.8) is 0 Å². The highest BCUT2D eigenvalue weighted by atomic mass is 32.1. The zero-order chi connectivity index (χ0) is 17.1. The number of thiophene rings is 1. The molecular weight excluding hydrogens is 328 g/mol. The van der Waals surface area contributed by atoms with Crippen LogP contribution in [0.4, 0.5) is 0 Å². The van der Waals surface area contributed by atoms with E-state index in [1.54, 1.807) is 12.4 Å². The number of hydrogen-bond donors (Lipinski definition) is 1. The number of benzene rings is 2. The molecule has 0 saturated heterocycles. The summed E-state index contributed by atoms with van der Waals surface area (Å²) in [5, 5.41) is 4.27. The molecule has 1 amide bonds. The molecule has 1 unspecified atom stereocenters. The van der Waals surface area contributed by atoms with Gasteiger partial charge in [0.25, 0.3) is 5.91 Å². The van der Waals surface area contributed by atoms with Gasteiger partial charge in [-0.25, -0.2) is 0 Å². The Kier molecular flexibility index (Phi) is 4.27. The number of pyridine rings is 1. The van der Waals surface area contributed by atoms with Gasteiger partial charge in [0.1, 0.15) is 0 Å². The molecule has 1 atom stereocenters. The van der Waals surface area contributed by atoms with Crippen LogP contribution in [0, 0.1) is 0 Å². The minimum absolute atomic E-state index is 0.0631. The van der Waals surface area contributed by atoms with E-state index < -0.39 is 0 Å². The Bertz CT molecular complexity index is 924. The normalized spacial score (nSPS) is 12.0. The molecule has 0 fully saturated rings. The molecule has 2 aromatic heterocycles. The number of amides is 1. The van der Waals surface area contributed by atoms with Gasteiger partial charge in [0.2, 0.25) is 0 Å². The summed E-state index contributed by atoms with van der Waals surface area (Å²) < 4.78 is 1.12. The van der Waals surface area contributed by atoms with Crippen molar-refractivity contribution in [2.45, 2.75) is 6.04 Å². The molecule has 2 aromatic carbocycles. The molecule has 1 N–H and O–H groups in total. The Morgan fingerprint density at radius 3 is 2.32 bits per heavy atom. The highest BCUT2D eigenvalue weighted by Crippen LogP contribution is 2.27. The van der Waals surface area contributed by atoms with Crippen LogP contribution in [0.25, 0.3) is 10.1 Å². The Labute approximate surface area is 150 Å². The number of hydrogen-bond acceptors (Lipinski definition) is 3. The van der Waals surface area contributed by atoms with Crippen LogP contribution >= 0.6 is 11.3 Å². The van der Waals surface area contributed by atoms with E-state index in [-0.39, 0.29) is 11.9 Å². The maximum absolute atomic E-state index is 12.9. The van der Waals surface area contributed by atoms with Crippen LogP contribution in [0.5, 0.6) is 0 Å². The van der Waals surface area contributed by atoms with Gasteiger partial charge in [-0.05, 0) is 40.8 Å². The van der Waals surface area contributed by atoms with Gasteiger partial charge in [-0.15, -0.1) is 11.3 Å². The van der Waals surface area contributed by atoms with Crippen LogP contribution in [0.15, 0.2) is 85.2 Å². The molecular formula is C21H16N2OS. The van der Waals surface area contributed by atoms with Crippen LogP contribution in [-0.2, 0) is 0 Å². The van der Waals surface area contributed by atoms with Crippen molar-refractivity contribution < 1.29 is 4.79 Å². The summed E-state index contributed by atoms with van der Waals surface area (Å²) in [6, 6.07) is 23.6. The number of rotatable bonds is 4. The lowest BCUT2D eigenvalue weighted by molar-refractivity contribution is 0.0947. The SMILES string of the molecule is O=C(NC(c1ccccc1)c1ccncc1)c1cc2ccccc2s1. The second kappa shape index (κ2) is 6.87. The standard InChI is InChI=1S/C21H16N2OS/c24-21(19-14-17-8-4-5-9-18(17)25-19)23-20(15-6-2-1-3-7-15)16-10-12-22-13-11-16/h1-14,20H,(H,23,24). The zero-order valence-electron chi connectivity index (χ0n) is 13.4. The van der Waals surface area contributed by atoms with Gasteiger partial charge in [0, 0.05) is 17.1 Å². The Morgan fingerprint density at radius 1 is 0.880 bits per heavy atom. The smallest absolute Gasteiger partial charge is 0.262 e. The first kappa shape index (κ1) is 15.5. The molecule has 4 aromatic rings. The number of aromatic nitrogens is 1. The third kappa shape index (κ3) is 3.30. The molecule has 3 nitrogen and oxygen atoms in total. The summed E-state index contributed by atoms with van der Waals surface area (Å²) in [7, 11) is 0. The first-order valence-electron chi connectivity index (χ1n) is 8.05. The van der Waals surface area contributed by atoms with Crippen LogP contribution in [0.3, 0.4) is 0 Å². The summed E-state index contributed by atoms with van der Waals surface area (Å²) in [5.74, 6) is -0.0631. The molecule has 4 rings (SSSR count). The number of nitrogens with zero attached hydrogens (tertiary/aromatic N) is 1. The summed E-state index contributed by atoms with van der Waals surface area (Å²) in [6.45, 7) is 0. The summed E-state index contributed by atoms with van der Waals surface area (Å²) >= 11 is 1.51. The Hall–Kier alpha value is -2.98. The molecule has 0 aliphatic heterocycles. The van der Waals surface area contributed by atoms with Crippen molar-refractivity contribution in [2.75, 3.05) is 0 Å². The highest BCUT2D eigenvalue weighted by Gasteiger charge is 2.19. The lowest BCUT2D eigenvalue weighted by Gasteiger charge is -2.19. The molecule has 0 bridgehead atoms. The van der Waals surface area contributed by atoms with Gasteiger partial charge < -0.3 is 5.32 Å². The fourth-order valence-electron chi connectivity index (χ4n) is 2.86. The number of carbonyl (C=O) groups is 1. The van der Waals surface area contributed by atoms with Gasteiger partial charge in [-0.2, -0.15) is 0 Å². The van der Waals surface area contributed by atoms with Crippen molar-refractivity contribution in [2.24, 2.45) is 0 Å².